The zero-order valence-corrected chi connectivity index (χ0v) is 16.9. The number of carbonyl (C=O) groups is 1. The van der Waals surface area contributed by atoms with Gasteiger partial charge in [0.05, 0.1) is 6.61 Å². The number of hydrogen-bond acceptors (Lipinski definition) is 6. The van der Waals surface area contributed by atoms with Gasteiger partial charge in [-0.15, -0.1) is 0 Å². The number of amidine groups is 1. The molecule has 0 fully saturated rings. The quantitative estimate of drug-likeness (QED) is 0.409. The van der Waals surface area contributed by atoms with Crippen molar-refractivity contribution in [2.24, 2.45) is 4.99 Å². The molecule has 26 heavy (non-hydrogen) atoms. The molecule has 4 nitrogen and oxygen atoms in total. The van der Waals surface area contributed by atoms with E-state index >= 15 is 0 Å². The number of benzene rings is 2. The molecular weight excluding hydrogens is 388 g/mol. The molecule has 0 aliphatic carbocycles. The Kier molecular flexibility index (Phi) is 6.16. The molecule has 1 heterocycles. The summed E-state index contributed by atoms with van der Waals surface area (Å²) in [5.74, 6) is -0.427. The van der Waals surface area contributed by atoms with Crippen molar-refractivity contribution in [3.63, 3.8) is 0 Å². The fourth-order valence-corrected chi connectivity index (χ4v) is 5.09. The summed E-state index contributed by atoms with van der Waals surface area (Å²) in [6.07, 6.45) is 0. The molecular formula is C19H19ClN2O2S2. The zero-order valence-electron chi connectivity index (χ0n) is 14.5. The lowest BCUT2D eigenvalue weighted by molar-refractivity contribution is -0.146. The largest absolute Gasteiger partial charge is 0.463 e. The average molecular weight is 407 g/mol. The molecule has 2 aromatic rings. The van der Waals surface area contributed by atoms with Gasteiger partial charge in [-0.1, -0.05) is 71.5 Å². The first-order valence-electron chi connectivity index (χ1n) is 8.18. The molecule has 0 amide bonds. The minimum Gasteiger partial charge on any atom is -0.463 e. The Hall–Kier alpha value is -1.63. The molecule has 7 heteroatoms. The van der Waals surface area contributed by atoms with Gasteiger partial charge < -0.3 is 9.64 Å². The number of carbonyl (C=O) groups excluding carboxylic acids is 1. The summed E-state index contributed by atoms with van der Waals surface area (Å²) in [7, 11) is 1.85. The van der Waals surface area contributed by atoms with E-state index in [1.54, 1.807) is 6.92 Å². The van der Waals surface area contributed by atoms with E-state index < -0.39 is 16.3 Å². The van der Waals surface area contributed by atoms with E-state index in [9.17, 15) is 4.79 Å². The number of likely N-dealkylation sites (N-methyl/N-ethyl adjacent to an activating group) is 1. The number of nitrogens with zero attached hydrogens (tertiary/aromatic N) is 2. The van der Waals surface area contributed by atoms with Crippen LogP contribution in [0.3, 0.4) is 0 Å². The van der Waals surface area contributed by atoms with Crippen molar-refractivity contribution in [3.8, 4) is 0 Å². The highest BCUT2D eigenvalue weighted by Gasteiger charge is 2.55. The number of aliphatic imine (C=N–C) groups is 1. The van der Waals surface area contributed by atoms with Crippen LogP contribution in [-0.4, -0.2) is 40.1 Å². The Balaban J connectivity index is 1.97. The van der Waals surface area contributed by atoms with Gasteiger partial charge >= 0.3 is 5.97 Å². The van der Waals surface area contributed by atoms with Crippen molar-refractivity contribution < 1.29 is 9.53 Å². The monoisotopic (exact) mass is 406 g/mol. The van der Waals surface area contributed by atoms with Gasteiger partial charge in [-0.3, -0.25) is 0 Å². The molecule has 2 unspecified atom stereocenters. The van der Waals surface area contributed by atoms with Gasteiger partial charge in [-0.25, -0.2) is 9.79 Å². The Morgan fingerprint density at radius 1 is 1.15 bits per heavy atom. The summed E-state index contributed by atoms with van der Waals surface area (Å²) in [6, 6.07) is 19.5. The van der Waals surface area contributed by atoms with Gasteiger partial charge in [0.25, 0.3) is 0 Å². The van der Waals surface area contributed by atoms with Crippen LogP contribution in [0, 0.1) is 0 Å². The second-order valence-electron chi connectivity index (χ2n) is 5.59. The second-order valence-corrected chi connectivity index (χ2v) is 8.34. The van der Waals surface area contributed by atoms with Crippen LogP contribution in [0.25, 0.3) is 0 Å². The minimum absolute atomic E-state index is 0.278. The molecule has 0 N–H and O–H groups in total. The third kappa shape index (κ3) is 3.87. The van der Waals surface area contributed by atoms with Crippen molar-refractivity contribution in [1.82, 2.24) is 4.90 Å². The molecule has 0 aromatic heterocycles. The summed E-state index contributed by atoms with van der Waals surface area (Å²) in [5.41, 5.74) is -0.655. The van der Waals surface area contributed by atoms with Crippen LogP contribution in [-0.2, 0) is 9.53 Å². The highest BCUT2D eigenvalue weighted by Crippen LogP contribution is 2.47. The average Bonchev–Trinajstić information content (AvgIpc) is 2.89. The topological polar surface area (TPSA) is 41.9 Å². The maximum absolute atomic E-state index is 12.9. The molecule has 0 spiro atoms. The number of esters is 1. The van der Waals surface area contributed by atoms with Crippen molar-refractivity contribution in [1.29, 1.82) is 0 Å². The summed E-state index contributed by atoms with van der Waals surface area (Å²) in [5, 5.41) is 0.688. The van der Waals surface area contributed by atoms with Gasteiger partial charge in [0, 0.05) is 16.8 Å². The van der Waals surface area contributed by atoms with E-state index in [1.807, 2.05) is 72.6 Å². The second kappa shape index (κ2) is 8.37. The van der Waals surface area contributed by atoms with Gasteiger partial charge in [-0.2, -0.15) is 0 Å². The lowest BCUT2D eigenvalue weighted by atomic mass is 10.3. The van der Waals surface area contributed by atoms with E-state index in [1.165, 1.54) is 23.5 Å². The molecule has 3 rings (SSSR count). The van der Waals surface area contributed by atoms with Crippen LogP contribution in [0.2, 0.25) is 0 Å². The molecule has 1 aliphatic heterocycles. The van der Waals surface area contributed by atoms with Gasteiger partial charge in [0.15, 0.2) is 10.7 Å². The van der Waals surface area contributed by atoms with E-state index in [-0.39, 0.29) is 6.61 Å². The molecule has 0 saturated heterocycles. The van der Waals surface area contributed by atoms with E-state index in [2.05, 4.69) is 0 Å². The first-order chi connectivity index (χ1) is 12.6. The van der Waals surface area contributed by atoms with Gasteiger partial charge in [-0.05, 0) is 31.2 Å². The SMILES string of the molecule is CCOC(=O)C1(Sc2ccccc2)N=C(Sc2ccccc2)N(C)C1Cl. The molecule has 0 saturated carbocycles. The highest BCUT2D eigenvalue weighted by molar-refractivity contribution is 8.14. The summed E-state index contributed by atoms with van der Waals surface area (Å²) in [6.45, 7) is 2.06. The molecule has 1 aliphatic rings. The van der Waals surface area contributed by atoms with E-state index in [4.69, 9.17) is 21.3 Å². The predicted molar refractivity (Wildman–Crippen MR) is 109 cm³/mol. The lowest BCUT2D eigenvalue weighted by Gasteiger charge is -2.29. The van der Waals surface area contributed by atoms with E-state index in [0.717, 1.165) is 9.79 Å². The zero-order chi connectivity index (χ0) is 18.6. The summed E-state index contributed by atoms with van der Waals surface area (Å²) < 4.78 is 5.33. The maximum atomic E-state index is 12.9. The third-order valence-corrected chi connectivity index (χ3v) is 6.87. The third-order valence-electron chi connectivity index (χ3n) is 3.76. The molecule has 0 bridgehead atoms. The van der Waals surface area contributed by atoms with Crippen LogP contribution >= 0.6 is 35.1 Å². The molecule has 136 valence electrons. The van der Waals surface area contributed by atoms with Crippen molar-refractivity contribution in [2.45, 2.75) is 27.1 Å². The van der Waals surface area contributed by atoms with Crippen LogP contribution in [0.5, 0.6) is 0 Å². The van der Waals surface area contributed by atoms with Crippen molar-refractivity contribution >= 4 is 46.3 Å². The Morgan fingerprint density at radius 2 is 1.73 bits per heavy atom. The van der Waals surface area contributed by atoms with Crippen molar-refractivity contribution in [2.75, 3.05) is 13.7 Å². The maximum Gasteiger partial charge on any atom is 0.348 e. The number of ether oxygens (including phenoxy) is 1. The van der Waals surface area contributed by atoms with E-state index in [0.29, 0.717) is 5.17 Å². The number of alkyl halides is 1. The Bertz CT molecular complexity index is 789. The van der Waals surface area contributed by atoms with Crippen LogP contribution in [0.4, 0.5) is 0 Å². The van der Waals surface area contributed by atoms with Crippen molar-refractivity contribution in [3.05, 3.63) is 60.7 Å². The fourth-order valence-electron chi connectivity index (χ4n) is 2.48. The van der Waals surface area contributed by atoms with Gasteiger partial charge in [0.1, 0.15) is 0 Å². The predicted octanol–water partition coefficient (Wildman–Crippen LogP) is 4.70. The number of hydrogen-bond donors (Lipinski definition) is 0. The van der Waals surface area contributed by atoms with Crippen LogP contribution in [0.1, 0.15) is 6.92 Å². The highest BCUT2D eigenvalue weighted by atomic mass is 35.5. The first-order valence-corrected chi connectivity index (χ1v) is 10.2. The standard InChI is InChI=1S/C19H19ClN2O2S2/c1-3-24-17(23)19(26-15-12-8-5-9-13-15)16(20)22(2)18(21-19)25-14-10-6-4-7-11-14/h4-13,16H,3H2,1-2H3. The smallest absolute Gasteiger partial charge is 0.348 e. The molecule has 2 aromatic carbocycles. The molecule has 2 atom stereocenters. The first kappa shape index (κ1) is 19.1. The summed E-state index contributed by atoms with van der Waals surface area (Å²) >= 11 is 9.51. The Morgan fingerprint density at radius 3 is 2.31 bits per heavy atom. The normalized spacial score (nSPS) is 22.2. The lowest BCUT2D eigenvalue weighted by Crippen LogP contribution is -2.45. The fraction of sp³-hybridized carbons (Fsp3) is 0.263. The number of rotatable bonds is 5. The number of thioether (sulfide) groups is 2. The minimum atomic E-state index is -1.25. The number of halogens is 1. The summed E-state index contributed by atoms with van der Waals surface area (Å²) in [4.78, 5) is 20.1. The Labute approximate surface area is 167 Å². The molecule has 0 radical (unpaired) electrons. The van der Waals surface area contributed by atoms with Gasteiger partial charge in [0.2, 0.25) is 4.87 Å². The van der Waals surface area contributed by atoms with Crippen LogP contribution in [0.15, 0.2) is 75.4 Å². The van der Waals surface area contributed by atoms with Crippen LogP contribution < -0.4 is 0 Å².